The zero-order chi connectivity index (χ0) is 58.7. The Balaban J connectivity index is 0.000000112. The predicted molar refractivity (Wildman–Crippen MR) is 380 cm³/mol. The third kappa shape index (κ3) is 8.20. The fraction of sp³-hybridized carbons (Fsp3) is 0.0123. The van der Waals surface area contributed by atoms with E-state index in [4.69, 9.17) is 21.6 Å². The van der Waals surface area contributed by atoms with E-state index in [1.54, 1.807) is 0 Å². The molecule has 89 heavy (non-hydrogen) atoms. The maximum atomic E-state index is 5.95. The summed E-state index contributed by atoms with van der Waals surface area (Å²) in [6, 6.07) is 98.9. The van der Waals surface area contributed by atoms with Gasteiger partial charge in [-0.25, -0.2) is 19.9 Å². The number of hydrogen-bond donors (Lipinski definition) is 0. The zero-order valence-electron chi connectivity index (χ0n) is 47.7. The number of halogens is 1. The molecule has 5 heterocycles. The van der Waals surface area contributed by atoms with Crippen LogP contribution in [0.25, 0.3) is 167 Å². The van der Waals surface area contributed by atoms with Crippen LogP contribution < -0.4 is 0 Å². The molecule has 0 atom stereocenters. The van der Waals surface area contributed by atoms with Crippen molar-refractivity contribution in [2.75, 3.05) is 0 Å². The van der Waals surface area contributed by atoms with Crippen LogP contribution in [0, 0.1) is 0 Å². The number of rotatable bonds is 3. The molecule has 0 unspecified atom stereocenters. The summed E-state index contributed by atoms with van der Waals surface area (Å²) in [7, 11) is 0. The molecule has 1 aliphatic rings. The summed E-state index contributed by atoms with van der Waals surface area (Å²) in [6.45, 7) is 0. The van der Waals surface area contributed by atoms with Gasteiger partial charge in [0.05, 0.1) is 38.2 Å². The van der Waals surface area contributed by atoms with E-state index in [0.717, 1.165) is 56.3 Å². The van der Waals surface area contributed by atoms with Crippen molar-refractivity contribution >= 4 is 161 Å². The van der Waals surface area contributed by atoms with Gasteiger partial charge in [-0.05, 0) is 107 Å². The van der Waals surface area contributed by atoms with Crippen LogP contribution in [-0.2, 0) is 6.42 Å². The number of para-hydroxylation sites is 2. The van der Waals surface area contributed by atoms with Crippen molar-refractivity contribution in [3.05, 3.63) is 295 Å². The highest BCUT2D eigenvalue weighted by Gasteiger charge is 2.29. The van der Waals surface area contributed by atoms with E-state index in [2.05, 4.69) is 239 Å². The third-order valence-electron chi connectivity index (χ3n) is 17.9. The van der Waals surface area contributed by atoms with E-state index >= 15 is 0 Å². The van der Waals surface area contributed by atoms with Gasteiger partial charge in [0.2, 0.25) is 11.2 Å². The average Bonchev–Trinajstić information content (AvgIpc) is 1.74. The fourth-order valence-electron chi connectivity index (χ4n) is 14.1. The lowest BCUT2D eigenvalue weighted by molar-refractivity contribution is 1.02. The fourth-order valence-corrected chi connectivity index (χ4v) is 16.8. The number of aromatic nitrogens is 5. The lowest BCUT2D eigenvalue weighted by Gasteiger charge is -2.12. The van der Waals surface area contributed by atoms with Gasteiger partial charge < -0.3 is 0 Å². The van der Waals surface area contributed by atoms with E-state index in [1.807, 2.05) is 77.3 Å². The third-order valence-corrected chi connectivity index (χ3v) is 20.4. The summed E-state index contributed by atoms with van der Waals surface area (Å²) in [4.78, 5) is 19.2. The molecule has 0 saturated carbocycles. The summed E-state index contributed by atoms with van der Waals surface area (Å²) in [6.07, 6.45) is 1.03. The maximum Gasteiger partial charge on any atom is 0.235 e. The van der Waals surface area contributed by atoms with Crippen molar-refractivity contribution in [2.24, 2.45) is 0 Å². The Kier molecular flexibility index (Phi) is 12.0. The van der Waals surface area contributed by atoms with Gasteiger partial charge in [-0.15, -0.1) is 22.7 Å². The molecule has 1 aliphatic carbocycles. The van der Waals surface area contributed by atoms with E-state index in [1.165, 1.54) is 122 Å². The van der Waals surface area contributed by atoms with Crippen molar-refractivity contribution < 1.29 is 0 Å². The molecule has 416 valence electrons. The van der Waals surface area contributed by atoms with E-state index in [0.29, 0.717) is 5.95 Å². The number of thiophene rings is 2. The van der Waals surface area contributed by atoms with Crippen LogP contribution in [-0.4, -0.2) is 24.5 Å². The highest BCUT2D eigenvalue weighted by atomic mass is 35.5. The quantitative estimate of drug-likeness (QED) is 0.165. The van der Waals surface area contributed by atoms with Gasteiger partial charge >= 0.3 is 0 Å². The van der Waals surface area contributed by atoms with Crippen molar-refractivity contribution in [1.82, 2.24) is 24.5 Å². The van der Waals surface area contributed by atoms with Gasteiger partial charge in [0.15, 0.2) is 0 Å². The molecule has 14 aromatic carbocycles. The van der Waals surface area contributed by atoms with Crippen LogP contribution in [0.5, 0.6) is 0 Å². The summed E-state index contributed by atoms with van der Waals surface area (Å²) in [5, 5.41) is 20.7. The number of hydrogen-bond acceptors (Lipinski definition) is 6. The van der Waals surface area contributed by atoms with Crippen LogP contribution >= 0.6 is 34.3 Å². The SMILES string of the molecule is Clc1nc(-c2ccccc2)c2ccccc2n1.c1ccc(-c2nc(-n3c4ccc5ccccc5c4c4c5ccccc5c5c6ccccc6sc5c43)nc3ccccc23)cc1.c1ccc2c3c(ccc2c1)Cc1c-3c2ccccc2c2c1sc1ccccc12. The van der Waals surface area contributed by atoms with Crippen LogP contribution in [0.15, 0.2) is 279 Å². The minimum Gasteiger partial charge on any atom is -0.276 e. The van der Waals surface area contributed by atoms with Gasteiger partial charge in [0.1, 0.15) is 0 Å². The molecule has 0 fully saturated rings. The van der Waals surface area contributed by atoms with Gasteiger partial charge in [0, 0.05) is 74.7 Å². The highest BCUT2D eigenvalue weighted by Crippen LogP contribution is 2.53. The van der Waals surface area contributed by atoms with Gasteiger partial charge in [-0.3, -0.25) is 4.57 Å². The molecule has 0 spiro atoms. The van der Waals surface area contributed by atoms with Crippen molar-refractivity contribution in [2.45, 2.75) is 6.42 Å². The standard InChI is InChI=1S/C40H23N3S.C27H16S.C14H9ClN2/c1-2-13-25(14-3-1)37-29-18-8-10-20-31(29)41-40(42-37)43-32-23-22-24-12-4-5-15-26(24)35(32)36-28-17-7-6-16-27(28)34-30-19-9-11-21-33(30)44-39(34)38(36)43;1-2-8-18-16(7-1)13-14-17-15-22-25(24(17)18)19-9-3-4-10-20(19)26-21-11-5-6-12-23(21)28-27(22)26;15-14-16-12-9-5-4-8-11(12)13(17-14)10-6-2-1-3-7-10/h1-23H;1-14H,15H2;1-9H. The summed E-state index contributed by atoms with van der Waals surface area (Å²) in [5.41, 5.74) is 13.9. The number of nitrogens with zero attached hydrogens (tertiary/aromatic N) is 5. The molecule has 8 heteroatoms. The monoisotopic (exact) mass is 1190 g/mol. The zero-order valence-corrected chi connectivity index (χ0v) is 50.1. The van der Waals surface area contributed by atoms with Crippen LogP contribution in [0.2, 0.25) is 5.28 Å². The minimum atomic E-state index is 0.280. The molecule has 0 amide bonds. The normalized spacial score (nSPS) is 12.1. The Morgan fingerprint density at radius 2 is 0.787 bits per heavy atom. The molecule has 20 rings (SSSR count). The molecule has 0 aliphatic heterocycles. The predicted octanol–water partition coefficient (Wildman–Crippen LogP) is 23.0. The summed E-state index contributed by atoms with van der Waals surface area (Å²) >= 11 is 9.77. The molecule has 5 aromatic heterocycles. The van der Waals surface area contributed by atoms with Gasteiger partial charge in [-0.1, -0.05) is 249 Å². The Hall–Kier alpha value is -10.7. The smallest absolute Gasteiger partial charge is 0.235 e. The van der Waals surface area contributed by atoms with Gasteiger partial charge in [-0.2, -0.15) is 0 Å². The topological polar surface area (TPSA) is 56.5 Å². The Morgan fingerprint density at radius 3 is 1.44 bits per heavy atom. The second kappa shape index (κ2) is 20.8. The Labute approximate surface area is 523 Å². The second-order valence-corrected chi connectivity index (χ2v) is 25.2. The maximum absolute atomic E-state index is 5.95. The second-order valence-electron chi connectivity index (χ2n) is 22.8. The average molecular weight is 1190 g/mol. The van der Waals surface area contributed by atoms with Crippen LogP contribution in [0.4, 0.5) is 0 Å². The molecule has 0 bridgehead atoms. The van der Waals surface area contributed by atoms with E-state index in [9.17, 15) is 0 Å². The van der Waals surface area contributed by atoms with Crippen molar-refractivity contribution in [1.29, 1.82) is 0 Å². The first-order valence-corrected chi connectivity index (χ1v) is 31.9. The summed E-state index contributed by atoms with van der Waals surface area (Å²) < 4.78 is 7.73. The lowest BCUT2D eigenvalue weighted by Crippen LogP contribution is -2.03. The first-order valence-electron chi connectivity index (χ1n) is 29.9. The largest absolute Gasteiger partial charge is 0.276 e. The van der Waals surface area contributed by atoms with E-state index < -0.39 is 0 Å². The summed E-state index contributed by atoms with van der Waals surface area (Å²) in [5.74, 6) is 0.687. The molecular formula is C81H48ClN5S2. The first kappa shape index (κ1) is 51.5. The first-order chi connectivity index (χ1) is 44.1. The molecule has 0 radical (unpaired) electrons. The van der Waals surface area contributed by atoms with Crippen LogP contribution in [0.3, 0.4) is 0 Å². The molecule has 5 nitrogen and oxygen atoms in total. The number of benzene rings is 14. The molecular weight excluding hydrogens is 1140 g/mol. The Morgan fingerprint density at radius 1 is 0.326 bits per heavy atom. The van der Waals surface area contributed by atoms with Gasteiger partial charge in [0.25, 0.3) is 0 Å². The van der Waals surface area contributed by atoms with Crippen molar-refractivity contribution in [3.8, 4) is 39.6 Å². The highest BCUT2D eigenvalue weighted by molar-refractivity contribution is 7.27. The van der Waals surface area contributed by atoms with E-state index in [-0.39, 0.29) is 5.28 Å². The minimum absolute atomic E-state index is 0.280. The lowest BCUT2D eigenvalue weighted by atomic mass is 9.92. The molecule has 19 aromatic rings. The molecule has 0 saturated heterocycles. The Bertz CT molecular complexity index is 6110. The van der Waals surface area contributed by atoms with Crippen LogP contribution in [0.1, 0.15) is 11.1 Å². The number of fused-ring (bicyclic) bond motifs is 26. The van der Waals surface area contributed by atoms with Crippen molar-refractivity contribution in [3.63, 3.8) is 0 Å². The molecule has 0 N–H and O–H groups in total.